The second-order valence-electron chi connectivity index (χ2n) is 5.48. The molecule has 4 nitrogen and oxygen atoms in total. The predicted molar refractivity (Wildman–Crippen MR) is 96.7 cm³/mol. The Hall–Kier alpha value is -1.56. The fourth-order valence-corrected chi connectivity index (χ4v) is 4.58. The summed E-state index contributed by atoms with van der Waals surface area (Å²) in [5.41, 5.74) is 1.77. The average molecular weight is 384 g/mol. The van der Waals surface area contributed by atoms with Crippen LogP contribution in [0.1, 0.15) is 44.0 Å². The largest absolute Gasteiger partial charge is 0.465 e. The monoisotopic (exact) mass is 383 g/mol. The Bertz CT molecular complexity index is 816. The zero-order chi connectivity index (χ0) is 17.3. The number of esters is 1. The highest BCUT2D eigenvalue weighted by atomic mass is 35.5. The van der Waals surface area contributed by atoms with Crippen LogP contribution in [0.4, 0.5) is 5.00 Å². The van der Waals surface area contributed by atoms with Crippen molar-refractivity contribution in [1.29, 1.82) is 0 Å². The lowest BCUT2D eigenvalue weighted by atomic mass is 9.95. The number of methoxy groups -OCH3 is 1. The first-order chi connectivity index (χ1) is 11.5. The van der Waals surface area contributed by atoms with E-state index in [0.29, 0.717) is 21.2 Å². The fraction of sp³-hybridized carbons (Fsp3) is 0.294. The molecule has 0 spiro atoms. The molecule has 0 unspecified atom stereocenters. The Balaban J connectivity index is 1.96. The molecule has 0 aliphatic heterocycles. The van der Waals surface area contributed by atoms with E-state index in [1.165, 1.54) is 24.5 Å². The van der Waals surface area contributed by atoms with Crippen LogP contribution in [-0.2, 0) is 17.6 Å². The Kier molecular flexibility index (Phi) is 5.13. The van der Waals surface area contributed by atoms with Gasteiger partial charge < -0.3 is 10.1 Å². The van der Waals surface area contributed by atoms with E-state index in [-0.39, 0.29) is 10.9 Å². The summed E-state index contributed by atoms with van der Waals surface area (Å²) in [4.78, 5) is 25.9. The van der Waals surface area contributed by atoms with Crippen molar-refractivity contribution in [2.45, 2.75) is 25.7 Å². The molecule has 0 atom stereocenters. The highest BCUT2D eigenvalue weighted by Gasteiger charge is 2.27. The zero-order valence-electron chi connectivity index (χ0n) is 12.9. The smallest absolute Gasteiger partial charge is 0.341 e. The Morgan fingerprint density at radius 1 is 1.21 bits per heavy atom. The molecule has 1 aromatic carbocycles. The van der Waals surface area contributed by atoms with Crippen molar-refractivity contribution >= 4 is 51.4 Å². The van der Waals surface area contributed by atoms with E-state index >= 15 is 0 Å². The summed E-state index contributed by atoms with van der Waals surface area (Å²) in [6, 6.07) is 4.67. The van der Waals surface area contributed by atoms with E-state index < -0.39 is 5.97 Å². The summed E-state index contributed by atoms with van der Waals surface area (Å²) in [5.74, 6) is -0.799. The van der Waals surface area contributed by atoms with E-state index in [0.717, 1.165) is 36.1 Å². The third-order valence-electron chi connectivity index (χ3n) is 3.96. The first-order valence-electron chi connectivity index (χ1n) is 7.50. The lowest BCUT2D eigenvalue weighted by molar-refractivity contribution is 0.0601. The van der Waals surface area contributed by atoms with Gasteiger partial charge >= 0.3 is 5.97 Å². The summed E-state index contributed by atoms with van der Waals surface area (Å²) < 4.78 is 4.90. The summed E-state index contributed by atoms with van der Waals surface area (Å²) in [6.07, 6.45) is 3.87. The number of fused-ring (bicyclic) bond motifs is 1. The minimum Gasteiger partial charge on any atom is -0.465 e. The van der Waals surface area contributed by atoms with Crippen molar-refractivity contribution in [3.63, 3.8) is 0 Å². The quantitative estimate of drug-likeness (QED) is 0.760. The lowest BCUT2D eigenvalue weighted by Gasteiger charge is -2.12. The molecule has 1 aliphatic carbocycles. The number of carbonyl (C=O) groups is 2. The maximum absolute atomic E-state index is 12.5. The first-order valence-corrected chi connectivity index (χ1v) is 9.07. The molecule has 0 bridgehead atoms. The molecule has 3 rings (SSSR count). The molecule has 1 heterocycles. The van der Waals surface area contributed by atoms with E-state index in [2.05, 4.69) is 5.32 Å². The average Bonchev–Trinajstić information content (AvgIpc) is 2.91. The van der Waals surface area contributed by atoms with Crippen molar-refractivity contribution in [3.05, 3.63) is 49.8 Å². The molecule has 126 valence electrons. The van der Waals surface area contributed by atoms with E-state index in [1.807, 2.05) is 0 Å². The van der Waals surface area contributed by atoms with Crippen LogP contribution in [0.25, 0.3) is 0 Å². The van der Waals surface area contributed by atoms with Crippen molar-refractivity contribution in [2.75, 3.05) is 12.4 Å². The molecule has 0 radical (unpaired) electrons. The number of ether oxygens (including phenoxy) is 1. The Morgan fingerprint density at radius 2 is 1.96 bits per heavy atom. The van der Waals surface area contributed by atoms with Gasteiger partial charge in [0.25, 0.3) is 5.91 Å². The van der Waals surface area contributed by atoms with Gasteiger partial charge in [0, 0.05) is 9.90 Å². The van der Waals surface area contributed by atoms with Gasteiger partial charge in [-0.1, -0.05) is 23.2 Å². The fourth-order valence-electron chi connectivity index (χ4n) is 2.82. The second-order valence-corrected chi connectivity index (χ2v) is 7.43. The van der Waals surface area contributed by atoms with Gasteiger partial charge in [0.2, 0.25) is 0 Å². The third-order valence-corrected chi connectivity index (χ3v) is 5.72. The number of amides is 1. The second kappa shape index (κ2) is 7.13. The van der Waals surface area contributed by atoms with Gasteiger partial charge in [0.05, 0.1) is 23.3 Å². The molecule has 24 heavy (non-hydrogen) atoms. The van der Waals surface area contributed by atoms with Crippen LogP contribution in [-0.4, -0.2) is 19.0 Å². The number of hydrogen-bond acceptors (Lipinski definition) is 4. The van der Waals surface area contributed by atoms with E-state index in [1.54, 1.807) is 12.1 Å². The molecule has 1 N–H and O–H groups in total. The minimum absolute atomic E-state index is 0.265. The molecule has 1 amide bonds. The Morgan fingerprint density at radius 3 is 2.67 bits per heavy atom. The normalized spacial score (nSPS) is 13.3. The zero-order valence-corrected chi connectivity index (χ0v) is 15.3. The number of aryl methyl sites for hydroxylation is 1. The van der Waals surface area contributed by atoms with Gasteiger partial charge in [-0.05, 0) is 49.4 Å². The first kappa shape index (κ1) is 17.3. The predicted octanol–water partition coefficient (Wildman–Crippen LogP) is 4.97. The van der Waals surface area contributed by atoms with Gasteiger partial charge in [-0.25, -0.2) is 4.79 Å². The third kappa shape index (κ3) is 3.29. The number of rotatable bonds is 3. The van der Waals surface area contributed by atoms with Crippen LogP contribution in [0.3, 0.4) is 0 Å². The van der Waals surface area contributed by atoms with Crippen LogP contribution in [0.5, 0.6) is 0 Å². The maximum atomic E-state index is 12.5. The van der Waals surface area contributed by atoms with Crippen LogP contribution in [0.2, 0.25) is 10.0 Å². The van der Waals surface area contributed by atoms with Gasteiger partial charge in [0.1, 0.15) is 5.00 Å². The number of benzene rings is 1. The standard InChI is InChI=1S/C17H15Cl2NO3S/c1-23-17(22)14-11-4-2-3-5-13(11)24-16(14)20-15(21)10-7-6-9(18)8-12(10)19/h6-8H,2-5H2,1H3,(H,20,21). The SMILES string of the molecule is COC(=O)c1c(NC(=O)c2ccc(Cl)cc2Cl)sc2c1CCCC2. The van der Waals surface area contributed by atoms with E-state index in [9.17, 15) is 9.59 Å². The van der Waals surface area contributed by atoms with Crippen molar-refractivity contribution in [3.8, 4) is 0 Å². The number of halogens is 2. The van der Waals surface area contributed by atoms with Crippen LogP contribution < -0.4 is 5.32 Å². The van der Waals surface area contributed by atoms with Crippen molar-refractivity contribution < 1.29 is 14.3 Å². The molecule has 7 heteroatoms. The molecule has 1 aromatic heterocycles. The molecule has 1 aliphatic rings. The van der Waals surface area contributed by atoms with Gasteiger partial charge in [-0.15, -0.1) is 11.3 Å². The maximum Gasteiger partial charge on any atom is 0.341 e. The summed E-state index contributed by atoms with van der Waals surface area (Å²) in [6.45, 7) is 0. The van der Waals surface area contributed by atoms with Gasteiger partial charge in [-0.3, -0.25) is 4.79 Å². The topological polar surface area (TPSA) is 55.4 Å². The lowest BCUT2D eigenvalue weighted by Crippen LogP contribution is -2.15. The van der Waals surface area contributed by atoms with Gasteiger partial charge in [0.15, 0.2) is 0 Å². The molecular formula is C17H15Cl2NO3S. The summed E-state index contributed by atoms with van der Waals surface area (Å²) in [7, 11) is 1.34. The Labute approximate surface area is 153 Å². The highest BCUT2D eigenvalue weighted by molar-refractivity contribution is 7.17. The molecule has 0 saturated heterocycles. The number of nitrogens with one attached hydrogen (secondary N) is 1. The number of anilines is 1. The van der Waals surface area contributed by atoms with E-state index in [4.69, 9.17) is 27.9 Å². The van der Waals surface area contributed by atoms with Crippen LogP contribution in [0, 0.1) is 0 Å². The van der Waals surface area contributed by atoms with Crippen LogP contribution in [0.15, 0.2) is 18.2 Å². The molecular weight excluding hydrogens is 369 g/mol. The van der Waals surface area contributed by atoms with Crippen molar-refractivity contribution in [1.82, 2.24) is 0 Å². The molecule has 2 aromatic rings. The van der Waals surface area contributed by atoms with Crippen LogP contribution >= 0.6 is 34.5 Å². The van der Waals surface area contributed by atoms with Crippen molar-refractivity contribution in [2.24, 2.45) is 0 Å². The van der Waals surface area contributed by atoms with Gasteiger partial charge in [-0.2, -0.15) is 0 Å². The minimum atomic E-state index is -0.424. The summed E-state index contributed by atoms with van der Waals surface area (Å²) >= 11 is 13.4. The molecule has 0 fully saturated rings. The number of hydrogen-bond donors (Lipinski definition) is 1. The summed E-state index contributed by atoms with van der Waals surface area (Å²) in [5, 5.41) is 4.05. The highest BCUT2D eigenvalue weighted by Crippen LogP contribution is 2.39. The number of thiophene rings is 1. The number of carbonyl (C=O) groups excluding carboxylic acids is 2. The molecule has 0 saturated carbocycles.